The normalized spacial score (nSPS) is 33.8. The van der Waals surface area contributed by atoms with Gasteiger partial charge >= 0.3 is 30.0 Å². The fourth-order valence-corrected chi connectivity index (χ4v) is 6.81. The first kappa shape index (κ1) is 33.8. The number of methoxy groups -OCH3 is 1. The monoisotopic (exact) mass is 665 g/mol. The second-order valence-electron chi connectivity index (χ2n) is 11.6. The number of allylic oxidation sites excluding steroid dienone is 2. The van der Waals surface area contributed by atoms with Crippen molar-refractivity contribution in [2.24, 2.45) is 11.7 Å². The number of Topliss-reactive ketones (excluding diaryl/α,β-unsaturated/α-hetero) is 2. The van der Waals surface area contributed by atoms with Crippen molar-refractivity contribution >= 4 is 41.5 Å². The van der Waals surface area contributed by atoms with E-state index in [1.807, 2.05) is 0 Å². The Labute approximate surface area is 267 Å². The van der Waals surface area contributed by atoms with Gasteiger partial charge in [0.1, 0.15) is 19.3 Å². The van der Waals surface area contributed by atoms with Crippen LogP contribution in [0.15, 0.2) is 22.6 Å². The second-order valence-corrected chi connectivity index (χ2v) is 11.6. The van der Waals surface area contributed by atoms with E-state index in [4.69, 9.17) is 43.6 Å². The number of carbonyl (C=O) groups is 7. The average Bonchev–Trinajstić information content (AvgIpc) is 3.59. The van der Waals surface area contributed by atoms with Gasteiger partial charge in [0.25, 0.3) is 0 Å². The van der Waals surface area contributed by atoms with Crippen molar-refractivity contribution in [3.8, 4) is 0 Å². The van der Waals surface area contributed by atoms with Crippen LogP contribution in [0.25, 0.3) is 0 Å². The maximum absolute atomic E-state index is 14.3. The number of hydrogen-bond acceptors (Lipinski definition) is 17. The highest BCUT2D eigenvalue weighted by atomic mass is 16.7. The zero-order chi connectivity index (χ0) is 34.5. The Morgan fingerprint density at radius 3 is 2.09 bits per heavy atom. The van der Waals surface area contributed by atoms with Gasteiger partial charge in [-0.3, -0.25) is 28.8 Å². The molecule has 18 nitrogen and oxygen atoms in total. The predicted octanol–water partition coefficient (Wildman–Crippen LogP) is -1.51. The van der Waals surface area contributed by atoms with Crippen molar-refractivity contribution in [2.75, 3.05) is 26.9 Å². The summed E-state index contributed by atoms with van der Waals surface area (Å²) in [5.74, 6) is -6.19. The summed E-state index contributed by atoms with van der Waals surface area (Å²) in [5, 5.41) is 3.25. The minimum Gasteiger partial charge on any atom is -0.463 e. The van der Waals surface area contributed by atoms with Crippen LogP contribution in [-0.4, -0.2) is 122 Å². The third-order valence-corrected chi connectivity index (χ3v) is 8.55. The third kappa shape index (κ3) is 5.91. The largest absolute Gasteiger partial charge is 0.463 e. The lowest BCUT2D eigenvalue weighted by Crippen LogP contribution is -2.63. The SMILES string of the molecule is CO[C@@]12[C@H](COC(N)=O)C3=C(C(=O)C(C)=C(O[C@@H]4O[C@H](COC(C)=O)[C@@H](OC(C)=O)[C@H](OC(C)=O)[C@H]4OC(C)=O)C3=O)N1C[C@@H]1N[C@@H]12. The molecule has 0 aromatic carbocycles. The molecule has 3 N–H and O–H groups in total. The lowest BCUT2D eigenvalue weighted by Gasteiger charge is -2.44. The molecule has 0 saturated carbocycles. The first-order valence-corrected chi connectivity index (χ1v) is 14.6. The van der Waals surface area contributed by atoms with Crippen LogP contribution >= 0.6 is 0 Å². The van der Waals surface area contributed by atoms with Crippen molar-refractivity contribution in [3.05, 3.63) is 22.6 Å². The Morgan fingerprint density at radius 1 is 0.894 bits per heavy atom. The van der Waals surface area contributed by atoms with Gasteiger partial charge in [-0.1, -0.05) is 0 Å². The fraction of sp³-hybridized carbons (Fsp3) is 0.621. The molecular weight excluding hydrogens is 630 g/mol. The van der Waals surface area contributed by atoms with Crippen molar-refractivity contribution in [1.29, 1.82) is 0 Å². The molecule has 1 aliphatic carbocycles. The molecule has 0 spiro atoms. The van der Waals surface area contributed by atoms with Crippen LogP contribution in [-0.2, 0) is 66.7 Å². The zero-order valence-electron chi connectivity index (χ0n) is 26.4. The summed E-state index contributed by atoms with van der Waals surface area (Å²) < 4.78 is 44.4. The number of nitrogens with zero attached hydrogens (tertiary/aromatic N) is 1. The molecule has 47 heavy (non-hydrogen) atoms. The van der Waals surface area contributed by atoms with Gasteiger partial charge in [0, 0.05) is 58.5 Å². The molecule has 3 saturated heterocycles. The number of esters is 4. The Bertz CT molecular complexity index is 1490. The van der Waals surface area contributed by atoms with Crippen LogP contribution in [0, 0.1) is 5.92 Å². The van der Waals surface area contributed by atoms with E-state index in [0.717, 1.165) is 27.7 Å². The molecule has 9 atom stereocenters. The van der Waals surface area contributed by atoms with Crippen LogP contribution < -0.4 is 11.1 Å². The van der Waals surface area contributed by atoms with Crippen molar-refractivity contribution in [2.45, 2.75) is 83.1 Å². The summed E-state index contributed by atoms with van der Waals surface area (Å²) in [6, 6.07) is -0.341. The maximum Gasteiger partial charge on any atom is 0.404 e. The van der Waals surface area contributed by atoms with Gasteiger partial charge in [0.2, 0.25) is 24.0 Å². The summed E-state index contributed by atoms with van der Waals surface area (Å²) in [6.07, 6.45) is -8.94. The van der Waals surface area contributed by atoms with E-state index >= 15 is 0 Å². The molecule has 0 radical (unpaired) electrons. The van der Waals surface area contributed by atoms with E-state index in [1.165, 1.54) is 14.0 Å². The summed E-state index contributed by atoms with van der Waals surface area (Å²) in [4.78, 5) is 89.8. The van der Waals surface area contributed by atoms with Gasteiger partial charge < -0.3 is 53.8 Å². The van der Waals surface area contributed by atoms with E-state index in [-0.39, 0.29) is 28.9 Å². The van der Waals surface area contributed by atoms with E-state index in [0.29, 0.717) is 6.54 Å². The first-order valence-electron chi connectivity index (χ1n) is 14.6. The molecule has 3 fully saturated rings. The molecule has 18 heteroatoms. The molecule has 0 aromatic rings. The Hall–Kier alpha value is -4.55. The lowest BCUT2D eigenvalue weighted by atomic mass is 9.83. The number of ether oxygens (including phenoxy) is 8. The molecule has 5 aliphatic rings. The number of nitrogens with two attached hydrogens (primary N) is 1. The summed E-state index contributed by atoms with van der Waals surface area (Å²) in [5.41, 5.74) is 3.84. The van der Waals surface area contributed by atoms with Gasteiger partial charge in [-0.25, -0.2) is 4.79 Å². The third-order valence-electron chi connectivity index (χ3n) is 8.55. The topological polar surface area (TPSA) is 245 Å². The average molecular weight is 666 g/mol. The fourth-order valence-electron chi connectivity index (χ4n) is 6.81. The van der Waals surface area contributed by atoms with E-state index in [9.17, 15) is 33.6 Å². The number of nitrogens with one attached hydrogen (secondary N) is 1. The number of piperazine rings is 1. The van der Waals surface area contributed by atoms with E-state index in [1.54, 1.807) is 4.90 Å². The highest BCUT2D eigenvalue weighted by molar-refractivity contribution is 6.25. The Morgan fingerprint density at radius 2 is 1.51 bits per heavy atom. The summed E-state index contributed by atoms with van der Waals surface area (Å²) >= 11 is 0. The molecule has 0 aromatic heterocycles. The molecular formula is C29H35N3O15. The minimum absolute atomic E-state index is 0.0393. The number of primary amides is 1. The highest BCUT2D eigenvalue weighted by Gasteiger charge is 2.73. The maximum atomic E-state index is 14.3. The number of ketones is 2. The second kappa shape index (κ2) is 12.6. The van der Waals surface area contributed by atoms with Crippen molar-refractivity contribution in [1.82, 2.24) is 10.2 Å². The number of hydrogen-bond donors (Lipinski definition) is 2. The van der Waals surface area contributed by atoms with Crippen LogP contribution in [0.3, 0.4) is 0 Å². The Kier molecular flexibility index (Phi) is 9.04. The predicted molar refractivity (Wildman–Crippen MR) is 149 cm³/mol. The van der Waals surface area contributed by atoms with Crippen LogP contribution in [0.2, 0.25) is 0 Å². The van der Waals surface area contributed by atoms with Crippen LogP contribution in [0.4, 0.5) is 4.79 Å². The van der Waals surface area contributed by atoms with E-state index < -0.39 is 103 Å². The Balaban J connectivity index is 1.54. The molecule has 0 bridgehead atoms. The standard InChI is InChI=1S/C29H35N3O15/c1-10-20(37)19-18(15(8-42-28(30)39)29(40-6)26-16(31-26)7-32(19)29)21(38)22(10)47-27-25(45-14(5)36)24(44-13(4)35)23(43-12(3)34)17(46-27)9-41-11(2)33/h15-17,23-27,31H,7-9H2,1-6H3,(H2,30,39)/t15-,16+,17-,23-,24+,25-,26+,27+,29-/m1/s1. The van der Waals surface area contributed by atoms with Gasteiger partial charge in [0.15, 0.2) is 23.7 Å². The number of amides is 1. The van der Waals surface area contributed by atoms with Gasteiger partial charge in [0.05, 0.1) is 17.7 Å². The van der Waals surface area contributed by atoms with Gasteiger partial charge in [-0.05, 0) is 6.92 Å². The minimum atomic E-state index is -1.77. The van der Waals surface area contributed by atoms with Crippen molar-refractivity contribution < 1.29 is 71.5 Å². The zero-order valence-corrected chi connectivity index (χ0v) is 26.4. The van der Waals surface area contributed by atoms with Crippen LogP contribution in [0.1, 0.15) is 34.6 Å². The number of rotatable bonds is 10. The summed E-state index contributed by atoms with van der Waals surface area (Å²) in [6.45, 7) is 5.01. The number of carbonyl (C=O) groups excluding carboxylic acids is 7. The van der Waals surface area contributed by atoms with Gasteiger partial charge in [-0.2, -0.15) is 0 Å². The van der Waals surface area contributed by atoms with Crippen molar-refractivity contribution in [3.63, 3.8) is 0 Å². The highest BCUT2D eigenvalue weighted by Crippen LogP contribution is 2.56. The molecule has 256 valence electrons. The molecule has 0 unspecified atom stereocenters. The smallest absolute Gasteiger partial charge is 0.404 e. The van der Waals surface area contributed by atoms with Crippen LogP contribution in [0.5, 0.6) is 0 Å². The lowest BCUT2D eigenvalue weighted by molar-refractivity contribution is -0.299. The van der Waals surface area contributed by atoms with E-state index in [2.05, 4.69) is 5.32 Å². The molecule has 4 aliphatic heterocycles. The first-order chi connectivity index (χ1) is 22.1. The summed E-state index contributed by atoms with van der Waals surface area (Å²) in [7, 11) is 1.41. The number of fused-ring (bicyclic) bond motifs is 4. The molecule has 1 amide bonds. The molecule has 5 rings (SSSR count). The molecule has 4 heterocycles. The quantitative estimate of drug-likeness (QED) is 0.117. The van der Waals surface area contributed by atoms with Gasteiger partial charge in [-0.15, -0.1) is 0 Å².